The lowest BCUT2D eigenvalue weighted by Gasteiger charge is -2.11. The highest BCUT2D eigenvalue weighted by Gasteiger charge is 2.19. The topological polar surface area (TPSA) is 63.4 Å². The Morgan fingerprint density at radius 1 is 1.64 bits per heavy atom. The molecule has 0 aliphatic heterocycles. The van der Waals surface area contributed by atoms with Gasteiger partial charge in [-0.2, -0.15) is 0 Å². The first-order valence-corrected chi connectivity index (χ1v) is 4.44. The normalized spacial score (nSPS) is 22.8. The molecule has 0 aromatic carbocycles. The van der Waals surface area contributed by atoms with E-state index in [9.17, 15) is 10.0 Å². The van der Waals surface area contributed by atoms with Crippen LogP contribution in [0, 0.1) is 11.1 Å². The summed E-state index contributed by atoms with van der Waals surface area (Å²) >= 11 is 0. The second-order valence-corrected chi connectivity index (χ2v) is 3.46. The van der Waals surface area contributed by atoms with E-state index in [0.717, 1.165) is 10.8 Å². The van der Waals surface area contributed by atoms with Crippen LogP contribution in [0.4, 0.5) is 0 Å². The Hall–Kier alpha value is -1.58. The minimum Gasteiger partial charge on any atom is -0.624 e. The van der Waals surface area contributed by atoms with Gasteiger partial charge in [0.05, 0.1) is 0 Å². The highest BCUT2D eigenvalue weighted by atomic mass is 16.5. The van der Waals surface area contributed by atoms with Crippen molar-refractivity contribution in [2.24, 2.45) is 5.92 Å². The van der Waals surface area contributed by atoms with Gasteiger partial charge in [0.2, 0.25) is 0 Å². The van der Waals surface area contributed by atoms with E-state index in [1.54, 1.807) is 13.8 Å². The van der Waals surface area contributed by atoms with Crippen LogP contribution in [-0.4, -0.2) is 27.9 Å². The van der Waals surface area contributed by atoms with Crippen LogP contribution in [0.3, 0.4) is 0 Å². The number of hydrogen-bond acceptors (Lipinski definition) is 3. The molecule has 0 spiro atoms. The maximum absolute atomic E-state index is 11.3. The van der Waals surface area contributed by atoms with E-state index in [2.05, 4.69) is 0 Å². The summed E-state index contributed by atoms with van der Waals surface area (Å²) < 4.78 is 0.739. The Bertz CT molecular complexity index is 326. The number of aliphatic hydroxyl groups is 1. The van der Waals surface area contributed by atoms with E-state index in [1.165, 1.54) is 18.4 Å². The molecule has 1 rings (SSSR count). The number of hydrogen-bond donors (Lipinski definition) is 1. The molecule has 76 valence electrons. The predicted octanol–water partition coefficient (Wildman–Crippen LogP) is 1.17. The molecule has 0 aromatic heterocycles. The van der Waals surface area contributed by atoms with Gasteiger partial charge in [-0.1, -0.05) is 6.08 Å². The molecule has 4 heteroatoms. The summed E-state index contributed by atoms with van der Waals surface area (Å²) in [4.78, 5) is 11.3. The minimum absolute atomic E-state index is 0.0679. The van der Waals surface area contributed by atoms with Crippen LogP contribution in [0.5, 0.6) is 0 Å². The average Bonchev–Trinajstić information content (AvgIpc) is 2.09. The molecule has 1 aliphatic carbocycles. The number of hydroxylamine groups is 1. The van der Waals surface area contributed by atoms with Gasteiger partial charge >= 0.3 is 0 Å². The highest BCUT2D eigenvalue weighted by molar-refractivity contribution is 6.04. The summed E-state index contributed by atoms with van der Waals surface area (Å²) in [5.74, 6) is -0.890. The number of allylic oxidation sites excluding steroid dienone is 3. The van der Waals surface area contributed by atoms with Crippen molar-refractivity contribution in [2.75, 3.05) is 0 Å². The zero-order chi connectivity index (χ0) is 10.7. The van der Waals surface area contributed by atoms with Gasteiger partial charge in [0, 0.05) is 6.08 Å². The smallest absolute Gasteiger partial charge is 0.176 e. The Balaban J connectivity index is 2.79. The van der Waals surface area contributed by atoms with Crippen molar-refractivity contribution < 1.29 is 14.6 Å². The summed E-state index contributed by atoms with van der Waals surface area (Å²) in [6, 6.07) is -0.185. The first kappa shape index (κ1) is 10.5. The molecular formula is C10H13NO3. The van der Waals surface area contributed by atoms with Gasteiger partial charge in [0.15, 0.2) is 18.0 Å². The lowest BCUT2D eigenvalue weighted by Crippen LogP contribution is -2.23. The van der Waals surface area contributed by atoms with Crippen LogP contribution >= 0.6 is 0 Å². The fourth-order valence-corrected chi connectivity index (χ4v) is 1.04. The van der Waals surface area contributed by atoms with Crippen LogP contribution in [0.15, 0.2) is 24.0 Å². The predicted molar refractivity (Wildman–Crippen MR) is 53.2 cm³/mol. The number of ketones is 1. The Kier molecular flexibility index (Phi) is 3.06. The van der Waals surface area contributed by atoms with Crippen LogP contribution < -0.4 is 0 Å². The number of nitrogens with zero attached hydrogens (tertiary/aromatic N) is 1. The zero-order valence-electron chi connectivity index (χ0n) is 8.18. The van der Waals surface area contributed by atoms with E-state index in [0.29, 0.717) is 0 Å². The van der Waals surface area contributed by atoms with E-state index < -0.39 is 5.92 Å². The third-order valence-corrected chi connectivity index (χ3v) is 1.91. The molecule has 4 nitrogen and oxygen atoms in total. The van der Waals surface area contributed by atoms with Crippen molar-refractivity contribution in [3.05, 3.63) is 29.2 Å². The third-order valence-electron chi connectivity index (χ3n) is 1.91. The Labute approximate surface area is 82.4 Å². The summed E-state index contributed by atoms with van der Waals surface area (Å²) in [5, 5.41) is 20.2. The first-order valence-electron chi connectivity index (χ1n) is 4.44. The van der Waals surface area contributed by atoms with Crippen LogP contribution in [-0.2, 0) is 4.79 Å². The van der Waals surface area contributed by atoms with Gasteiger partial charge in [-0.3, -0.25) is 4.79 Å². The molecule has 1 atom stereocenters. The molecule has 0 fully saturated rings. The van der Waals surface area contributed by atoms with Gasteiger partial charge in [0.25, 0.3) is 0 Å². The van der Waals surface area contributed by atoms with Crippen LogP contribution in [0.1, 0.15) is 13.8 Å². The summed E-state index contributed by atoms with van der Waals surface area (Å²) in [7, 11) is 0. The number of rotatable bonds is 2. The average molecular weight is 195 g/mol. The quantitative estimate of drug-likeness (QED) is 0.311. The number of carbonyl (C=O) groups excluding carboxylic acids is 1. The Morgan fingerprint density at radius 3 is 2.79 bits per heavy atom. The van der Waals surface area contributed by atoms with E-state index in [-0.39, 0.29) is 17.6 Å². The van der Waals surface area contributed by atoms with E-state index in [4.69, 9.17) is 5.11 Å². The number of aliphatic hydroxyl groups excluding tert-OH is 1. The molecule has 1 aliphatic rings. The Morgan fingerprint density at radius 2 is 2.29 bits per heavy atom. The second-order valence-electron chi connectivity index (χ2n) is 3.46. The maximum atomic E-state index is 11.3. The van der Waals surface area contributed by atoms with Gasteiger partial charge in [0.1, 0.15) is 11.7 Å². The third kappa shape index (κ3) is 2.45. The second kappa shape index (κ2) is 4.09. The van der Waals surface area contributed by atoms with Crippen molar-refractivity contribution in [1.82, 2.24) is 0 Å². The van der Waals surface area contributed by atoms with Gasteiger partial charge in [-0.05, 0) is 19.9 Å². The van der Waals surface area contributed by atoms with Crippen molar-refractivity contribution >= 4 is 12.0 Å². The molecule has 14 heavy (non-hydrogen) atoms. The van der Waals surface area contributed by atoms with Crippen molar-refractivity contribution in [1.29, 1.82) is 0 Å². The largest absolute Gasteiger partial charge is 0.624 e. The van der Waals surface area contributed by atoms with Crippen molar-refractivity contribution in [2.45, 2.75) is 19.9 Å². The van der Waals surface area contributed by atoms with Crippen molar-refractivity contribution in [3.8, 4) is 0 Å². The monoisotopic (exact) mass is 195 g/mol. The van der Waals surface area contributed by atoms with Gasteiger partial charge in [-0.25, -0.2) is 4.74 Å². The fraction of sp³-hybridized carbons (Fsp3) is 0.400. The molecule has 0 radical (unpaired) electrons. The van der Waals surface area contributed by atoms with Gasteiger partial charge in [-0.15, -0.1) is 0 Å². The zero-order valence-corrected chi connectivity index (χ0v) is 8.18. The molecule has 1 unspecified atom stereocenters. The molecule has 0 saturated heterocycles. The highest BCUT2D eigenvalue weighted by Crippen LogP contribution is 2.09. The molecule has 0 aromatic rings. The molecule has 0 heterocycles. The molecule has 0 amide bonds. The van der Waals surface area contributed by atoms with Crippen LogP contribution in [0.25, 0.3) is 0 Å². The summed E-state index contributed by atoms with van der Waals surface area (Å²) in [6.45, 7) is 3.49. The van der Waals surface area contributed by atoms with Crippen molar-refractivity contribution in [3.63, 3.8) is 0 Å². The summed E-state index contributed by atoms with van der Waals surface area (Å²) in [5.41, 5.74) is 0. The lowest BCUT2D eigenvalue weighted by atomic mass is 10.00. The molecule has 1 N–H and O–H groups in total. The van der Waals surface area contributed by atoms with E-state index >= 15 is 0 Å². The summed E-state index contributed by atoms with van der Waals surface area (Å²) in [6.07, 6.45) is 5.35. The number of carbonyl (C=O) groups is 1. The maximum Gasteiger partial charge on any atom is 0.176 e. The first-order chi connectivity index (χ1) is 6.50. The molecule has 0 bridgehead atoms. The minimum atomic E-state index is -0.550. The van der Waals surface area contributed by atoms with E-state index in [1.807, 2.05) is 0 Å². The lowest BCUT2D eigenvalue weighted by molar-refractivity contribution is -0.489. The molecular weight excluding hydrogens is 182 g/mol. The standard InChI is InChI=1S/C10H13NO3/c1-7(2)11(14)6-8-3-4-9(12)5-10(8)13/h3-8,12H,1-2H3/b11-6-. The fourth-order valence-electron chi connectivity index (χ4n) is 1.04. The molecule has 0 saturated carbocycles. The SMILES string of the molecule is CC(C)/[N+]([O-])=C/C1C=CC(O)=CC1=O. The van der Waals surface area contributed by atoms with Gasteiger partial charge < -0.3 is 10.3 Å². The van der Waals surface area contributed by atoms with Crippen LogP contribution in [0.2, 0.25) is 0 Å².